The van der Waals surface area contributed by atoms with E-state index in [2.05, 4.69) is 51.5 Å². The number of hydrogen-bond acceptors (Lipinski definition) is 5. The molecule has 0 unspecified atom stereocenters. The Bertz CT molecular complexity index is 1910. The topological polar surface area (TPSA) is 78.4 Å². The first kappa shape index (κ1) is 28.6. The zero-order valence-electron chi connectivity index (χ0n) is 24.6. The lowest BCUT2D eigenvalue weighted by Gasteiger charge is -2.25. The van der Waals surface area contributed by atoms with Gasteiger partial charge in [-0.15, -0.1) is 0 Å². The minimum Gasteiger partial charge on any atom is -0.374 e. The molecule has 0 bridgehead atoms. The van der Waals surface area contributed by atoms with Crippen molar-refractivity contribution in [2.24, 2.45) is 0 Å². The van der Waals surface area contributed by atoms with Gasteiger partial charge in [-0.25, -0.2) is 0 Å². The van der Waals surface area contributed by atoms with Gasteiger partial charge in [0.15, 0.2) is 0 Å². The van der Waals surface area contributed by atoms with Gasteiger partial charge in [0.1, 0.15) is 0 Å². The van der Waals surface area contributed by atoms with Gasteiger partial charge in [-0.05, 0) is 60.5 Å². The molecular weight excluding hydrogens is 546 g/mol. The minimum absolute atomic E-state index is 0.109. The number of fused-ring (bicyclic) bond motifs is 2. The number of anilines is 3. The van der Waals surface area contributed by atoms with E-state index in [0.29, 0.717) is 11.3 Å². The highest BCUT2D eigenvalue weighted by Gasteiger charge is 2.20. The van der Waals surface area contributed by atoms with Crippen molar-refractivity contribution in [3.05, 3.63) is 139 Å². The average molecular weight is 580 g/mol. The molecule has 2 amide bonds. The molecule has 2 heterocycles. The molecule has 44 heavy (non-hydrogen) atoms. The van der Waals surface area contributed by atoms with Gasteiger partial charge in [0.05, 0.1) is 28.5 Å². The van der Waals surface area contributed by atoms with Gasteiger partial charge in [-0.1, -0.05) is 66.7 Å². The molecular formula is C37H33N5O2. The van der Waals surface area contributed by atoms with Crippen molar-refractivity contribution in [1.82, 2.24) is 15.3 Å². The van der Waals surface area contributed by atoms with E-state index in [9.17, 15) is 9.59 Å². The van der Waals surface area contributed by atoms with E-state index in [-0.39, 0.29) is 24.8 Å². The zero-order chi connectivity index (χ0) is 30.3. The first-order chi connectivity index (χ1) is 21.5. The largest absolute Gasteiger partial charge is 0.374 e. The van der Waals surface area contributed by atoms with Crippen LogP contribution in [0.15, 0.2) is 128 Å². The molecule has 7 nitrogen and oxygen atoms in total. The number of carbonyl (C=O) groups is 2. The number of likely N-dealkylation sites (N-methyl/N-ethyl adjacent to an activating group) is 1. The van der Waals surface area contributed by atoms with Crippen LogP contribution >= 0.6 is 0 Å². The molecule has 0 atom stereocenters. The van der Waals surface area contributed by atoms with Crippen LogP contribution in [0.1, 0.15) is 22.3 Å². The Morgan fingerprint density at radius 1 is 0.682 bits per heavy atom. The van der Waals surface area contributed by atoms with E-state index < -0.39 is 0 Å². The third kappa shape index (κ3) is 6.57. The molecule has 6 rings (SSSR count). The number of nitrogens with zero attached hydrogens (tertiary/aromatic N) is 4. The van der Waals surface area contributed by atoms with Gasteiger partial charge >= 0.3 is 0 Å². The Labute approximate surface area is 256 Å². The molecule has 6 aromatic rings. The molecule has 7 heteroatoms. The average Bonchev–Trinajstić information content (AvgIpc) is 3.07. The number of pyridine rings is 2. The summed E-state index contributed by atoms with van der Waals surface area (Å²) in [4.78, 5) is 39.5. The molecule has 1 N–H and O–H groups in total. The van der Waals surface area contributed by atoms with E-state index in [0.717, 1.165) is 46.1 Å². The van der Waals surface area contributed by atoms with Crippen molar-refractivity contribution in [3.8, 4) is 0 Å². The predicted octanol–water partition coefficient (Wildman–Crippen LogP) is 6.95. The van der Waals surface area contributed by atoms with Gasteiger partial charge in [-0.2, -0.15) is 0 Å². The monoisotopic (exact) mass is 579 g/mol. The standard InChI is InChI=1S/C37H33N5O2/c1-41(22-20-27-9-3-2-4-10-27)31-15-17-32(18-16-31)42(33-24-29-12-6-8-14-35(29)40-26-33)36(43)19-21-38-37(44)30-23-28-11-5-7-13-34(28)39-25-30/h2-18,23-26H,19-22H2,1H3,(H,38,44). The van der Waals surface area contributed by atoms with E-state index in [1.165, 1.54) is 5.56 Å². The summed E-state index contributed by atoms with van der Waals surface area (Å²) in [7, 11) is 2.07. The molecule has 0 aliphatic rings. The molecule has 0 aliphatic carbocycles. The molecule has 4 aromatic carbocycles. The smallest absolute Gasteiger partial charge is 0.252 e. The maximum atomic E-state index is 13.8. The van der Waals surface area contributed by atoms with Gasteiger partial charge in [0.25, 0.3) is 5.91 Å². The van der Waals surface area contributed by atoms with Crippen LogP contribution in [0, 0.1) is 0 Å². The fourth-order valence-electron chi connectivity index (χ4n) is 5.24. The first-order valence-electron chi connectivity index (χ1n) is 14.7. The summed E-state index contributed by atoms with van der Waals surface area (Å²) in [5, 5.41) is 4.72. The molecule has 0 aliphatic heterocycles. The number of rotatable bonds is 10. The van der Waals surface area contributed by atoms with Crippen LogP contribution in [0.5, 0.6) is 0 Å². The van der Waals surface area contributed by atoms with Crippen molar-refractivity contribution in [2.45, 2.75) is 12.8 Å². The lowest BCUT2D eigenvalue weighted by Crippen LogP contribution is -2.32. The number of benzene rings is 4. The maximum Gasteiger partial charge on any atom is 0.252 e. The second-order valence-electron chi connectivity index (χ2n) is 10.7. The second-order valence-corrected chi connectivity index (χ2v) is 10.7. The van der Waals surface area contributed by atoms with Gasteiger partial charge < -0.3 is 10.2 Å². The lowest BCUT2D eigenvalue weighted by atomic mass is 10.1. The summed E-state index contributed by atoms with van der Waals surface area (Å²) in [5.41, 5.74) is 5.90. The molecule has 2 aromatic heterocycles. The van der Waals surface area contributed by atoms with Crippen LogP contribution in [0.4, 0.5) is 17.1 Å². The Kier molecular flexibility index (Phi) is 8.55. The highest BCUT2D eigenvalue weighted by Crippen LogP contribution is 2.30. The van der Waals surface area contributed by atoms with Crippen molar-refractivity contribution in [2.75, 3.05) is 29.9 Å². The quantitative estimate of drug-likeness (QED) is 0.190. The zero-order valence-corrected chi connectivity index (χ0v) is 24.6. The Morgan fingerprint density at radius 2 is 1.30 bits per heavy atom. The number of nitrogens with one attached hydrogen (secondary N) is 1. The van der Waals surface area contributed by atoms with Crippen molar-refractivity contribution >= 4 is 50.7 Å². The number of para-hydroxylation sites is 2. The SMILES string of the molecule is CN(CCc1ccccc1)c1ccc(N(C(=O)CCNC(=O)c2cnc3ccccc3c2)c2cnc3ccccc3c2)cc1. The van der Waals surface area contributed by atoms with Crippen molar-refractivity contribution in [1.29, 1.82) is 0 Å². The molecule has 0 spiro atoms. The van der Waals surface area contributed by atoms with Crippen LogP contribution < -0.4 is 15.1 Å². The van der Waals surface area contributed by atoms with Gasteiger partial charge in [-0.3, -0.25) is 24.5 Å². The third-order valence-corrected chi connectivity index (χ3v) is 7.69. The summed E-state index contributed by atoms with van der Waals surface area (Å²) < 4.78 is 0. The van der Waals surface area contributed by atoms with Gasteiger partial charge in [0, 0.05) is 54.9 Å². The van der Waals surface area contributed by atoms with Crippen molar-refractivity contribution < 1.29 is 9.59 Å². The Hall–Kier alpha value is -5.56. The van der Waals surface area contributed by atoms with Crippen LogP contribution in [-0.2, 0) is 11.2 Å². The number of aromatic nitrogens is 2. The number of carbonyl (C=O) groups excluding carboxylic acids is 2. The van der Waals surface area contributed by atoms with Crippen LogP contribution in [0.25, 0.3) is 21.8 Å². The third-order valence-electron chi connectivity index (χ3n) is 7.69. The Morgan fingerprint density at radius 3 is 2.02 bits per heavy atom. The fourth-order valence-corrected chi connectivity index (χ4v) is 5.24. The first-order valence-corrected chi connectivity index (χ1v) is 14.7. The molecule has 0 saturated carbocycles. The van der Waals surface area contributed by atoms with Crippen molar-refractivity contribution in [3.63, 3.8) is 0 Å². The second kappa shape index (κ2) is 13.2. The molecule has 0 saturated heterocycles. The van der Waals surface area contributed by atoms with E-state index in [1.54, 1.807) is 17.3 Å². The van der Waals surface area contributed by atoms with Crippen LogP contribution in [0.3, 0.4) is 0 Å². The summed E-state index contributed by atoms with van der Waals surface area (Å²) in [6, 6.07) is 37.7. The summed E-state index contributed by atoms with van der Waals surface area (Å²) in [6.45, 7) is 1.05. The fraction of sp³-hybridized carbons (Fsp3) is 0.135. The normalized spacial score (nSPS) is 10.9. The molecule has 218 valence electrons. The van der Waals surface area contributed by atoms with E-state index >= 15 is 0 Å². The highest BCUT2D eigenvalue weighted by molar-refractivity contribution is 6.02. The van der Waals surface area contributed by atoms with E-state index in [4.69, 9.17) is 0 Å². The number of hydrogen-bond donors (Lipinski definition) is 1. The van der Waals surface area contributed by atoms with Crippen LogP contribution in [-0.4, -0.2) is 41.9 Å². The summed E-state index contributed by atoms with van der Waals surface area (Å²) >= 11 is 0. The lowest BCUT2D eigenvalue weighted by molar-refractivity contribution is -0.117. The van der Waals surface area contributed by atoms with E-state index in [1.807, 2.05) is 91.0 Å². The summed E-state index contributed by atoms with van der Waals surface area (Å²) in [6.07, 6.45) is 4.33. The summed E-state index contributed by atoms with van der Waals surface area (Å²) in [5.74, 6) is -0.415. The van der Waals surface area contributed by atoms with Gasteiger partial charge in [0.2, 0.25) is 5.91 Å². The minimum atomic E-state index is -0.266. The highest BCUT2D eigenvalue weighted by atomic mass is 16.2. The van der Waals surface area contributed by atoms with Crippen LogP contribution in [0.2, 0.25) is 0 Å². The predicted molar refractivity (Wildman–Crippen MR) is 177 cm³/mol. The molecule has 0 radical (unpaired) electrons. The number of amides is 2. The maximum absolute atomic E-state index is 13.8. The molecule has 0 fully saturated rings. The Balaban J connectivity index is 1.18.